The first kappa shape index (κ1) is 16.4. The molecule has 0 bridgehead atoms. The molecule has 1 fully saturated rings. The Balaban J connectivity index is 2.15. The van der Waals surface area contributed by atoms with E-state index in [1.807, 2.05) is 0 Å². The van der Waals surface area contributed by atoms with Gasteiger partial charge in [-0.15, -0.1) is 11.3 Å². The first-order valence-corrected chi connectivity index (χ1v) is 9.10. The first-order chi connectivity index (χ1) is 9.61. The van der Waals surface area contributed by atoms with Gasteiger partial charge < -0.3 is 4.74 Å². The van der Waals surface area contributed by atoms with E-state index < -0.39 is 0 Å². The standard InChI is InChI=1S/C15H25BrN2OS/c1-3-19-15(7-4-11(2)5-8-15)14(18-17)10-13-12(16)6-9-20-13/h6,9,11,14,18H,3-5,7-8,10,17H2,1-2H3. The summed E-state index contributed by atoms with van der Waals surface area (Å²) in [6.07, 6.45) is 5.57. The van der Waals surface area contributed by atoms with E-state index in [0.29, 0.717) is 0 Å². The summed E-state index contributed by atoms with van der Waals surface area (Å²) in [6, 6.07) is 2.27. The predicted molar refractivity (Wildman–Crippen MR) is 88.8 cm³/mol. The number of hydrogen-bond acceptors (Lipinski definition) is 4. The molecule has 1 unspecified atom stereocenters. The predicted octanol–water partition coefficient (Wildman–Crippen LogP) is 3.87. The van der Waals surface area contributed by atoms with Gasteiger partial charge >= 0.3 is 0 Å². The SMILES string of the molecule is CCOC1(C(Cc2sccc2Br)NN)CCC(C)CC1. The van der Waals surface area contributed by atoms with Gasteiger partial charge in [0.2, 0.25) is 0 Å². The average molecular weight is 361 g/mol. The fourth-order valence-electron chi connectivity index (χ4n) is 3.18. The highest BCUT2D eigenvalue weighted by atomic mass is 79.9. The maximum Gasteiger partial charge on any atom is 0.0851 e. The largest absolute Gasteiger partial charge is 0.374 e. The van der Waals surface area contributed by atoms with Crippen molar-refractivity contribution in [2.45, 2.75) is 57.6 Å². The number of hydrazine groups is 1. The molecule has 1 atom stereocenters. The van der Waals surface area contributed by atoms with Crippen molar-refractivity contribution in [3.8, 4) is 0 Å². The number of thiophene rings is 1. The molecule has 1 aliphatic carbocycles. The molecule has 2 rings (SSSR count). The molecule has 3 N–H and O–H groups in total. The van der Waals surface area contributed by atoms with Gasteiger partial charge in [-0.25, -0.2) is 0 Å². The summed E-state index contributed by atoms with van der Waals surface area (Å²) in [5, 5.41) is 2.11. The number of halogens is 1. The van der Waals surface area contributed by atoms with Crippen molar-refractivity contribution in [3.63, 3.8) is 0 Å². The minimum atomic E-state index is -0.112. The van der Waals surface area contributed by atoms with Crippen LogP contribution in [0.3, 0.4) is 0 Å². The third kappa shape index (κ3) is 3.63. The third-order valence-electron chi connectivity index (χ3n) is 4.47. The van der Waals surface area contributed by atoms with Gasteiger partial charge in [0, 0.05) is 22.4 Å². The lowest BCUT2D eigenvalue weighted by molar-refractivity contribution is -0.0960. The van der Waals surface area contributed by atoms with Crippen LogP contribution in [0.4, 0.5) is 0 Å². The maximum absolute atomic E-state index is 6.21. The number of hydrogen-bond donors (Lipinski definition) is 2. The second-order valence-corrected chi connectivity index (χ2v) is 7.65. The Kier molecular flexibility index (Phi) is 6.05. The van der Waals surface area contributed by atoms with Crippen LogP contribution in [0.2, 0.25) is 0 Å². The van der Waals surface area contributed by atoms with Crippen LogP contribution in [0.15, 0.2) is 15.9 Å². The number of nitrogens with two attached hydrogens (primary N) is 1. The topological polar surface area (TPSA) is 47.3 Å². The van der Waals surface area contributed by atoms with Crippen molar-refractivity contribution in [1.29, 1.82) is 0 Å². The Labute approximate surface area is 134 Å². The highest BCUT2D eigenvalue weighted by molar-refractivity contribution is 9.10. The van der Waals surface area contributed by atoms with Gasteiger partial charge in [0.05, 0.1) is 11.6 Å². The third-order valence-corrected chi connectivity index (χ3v) is 6.42. The molecule has 1 aromatic heterocycles. The van der Waals surface area contributed by atoms with Gasteiger partial charge in [-0.1, -0.05) is 6.92 Å². The first-order valence-electron chi connectivity index (χ1n) is 7.43. The molecule has 0 saturated heterocycles. The molecule has 0 aliphatic heterocycles. The molecule has 1 heterocycles. The van der Waals surface area contributed by atoms with Crippen molar-refractivity contribution < 1.29 is 4.74 Å². The molecule has 1 saturated carbocycles. The molecule has 5 heteroatoms. The van der Waals surface area contributed by atoms with Crippen molar-refractivity contribution in [2.75, 3.05) is 6.61 Å². The number of ether oxygens (including phenoxy) is 1. The van der Waals surface area contributed by atoms with Gasteiger partial charge in [0.15, 0.2) is 0 Å². The van der Waals surface area contributed by atoms with Crippen LogP contribution in [-0.2, 0) is 11.2 Å². The lowest BCUT2D eigenvalue weighted by Gasteiger charge is -2.44. The molecular formula is C15H25BrN2OS. The molecule has 0 spiro atoms. The van der Waals surface area contributed by atoms with Gasteiger partial charge in [-0.05, 0) is 65.9 Å². The van der Waals surface area contributed by atoms with E-state index in [1.54, 1.807) is 11.3 Å². The highest BCUT2D eigenvalue weighted by Crippen LogP contribution is 2.39. The summed E-state index contributed by atoms with van der Waals surface area (Å²) < 4.78 is 7.39. The van der Waals surface area contributed by atoms with Crippen LogP contribution in [-0.4, -0.2) is 18.2 Å². The van der Waals surface area contributed by atoms with Crippen LogP contribution in [0.1, 0.15) is 44.4 Å². The molecule has 0 aromatic carbocycles. The Morgan fingerprint density at radius 2 is 2.25 bits per heavy atom. The smallest absolute Gasteiger partial charge is 0.0851 e. The minimum Gasteiger partial charge on any atom is -0.374 e. The zero-order chi connectivity index (χ0) is 14.6. The second-order valence-electron chi connectivity index (χ2n) is 5.80. The van der Waals surface area contributed by atoms with Gasteiger partial charge in [0.1, 0.15) is 0 Å². The van der Waals surface area contributed by atoms with Crippen LogP contribution in [0.5, 0.6) is 0 Å². The van der Waals surface area contributed by atoms with E-state index in [0.717, 1.165) is 31.8 Å². The molecule has 114 valence electrons. The Hall–Kier alpha value is 0.0600. The second kappa shape index (κ2) is 7.36. The normalized spacial score (nSPS) is 28.5. The fraction of sp³-hybridized carbons (Fsp3) is 0.733. The highest BCUT2D eigenvalue weighted by Gasteiger charge is 2.42. The van der Waals surface area contributed by atoms with Gasteiger partial charge in [-0.2, -0.15) is 0 Å². The number of nitrogens with one attached hydrogen (secondary N) is 1. The zero-order valence-electron chi connectivity index (χ0n) is 12.3. The molecule has 0 radical (unpaired) electrons. The minimum absolute atomic E-state index is 0.112. The van der Waals surface area contributed by atoms with E-state index in [4.69, 9.17) is 10.6 Å². The summed E-state index contributed by atoms with van der Waals surface area (Å²) >= 11 is 5.39. The summed E-state index contributed by atoms with van der Waals surface area (Å²) in [5.41, 5.74) is 2.93. The average Bonchev–Trinajstić information content (AvgIpc) is 2.84. The van der Waals surface area contributed by atoms with Gasteiger partial charge in [0.25, 0.3) is 0 Å². The Morgan fingerprint density at radius 1 is 1.55 bits per heavy atom. The van der Waals surface area contributed by atoms with Crippen molar-refractivity contribution in [2.24, 2.45) is 11.8 Å². The van der Waals surface area contributed by atoms with Crippen LogP contribution < -0.4 is 11.3 Å². The number of rotatable bonds is 6. The molecular weight excluding hydrogens is 336 g/mol. The Bertz CT molecular complexity index is 416. The summed E-state index contributed by atoms with van der Waals surface area (Å²) in [4.78, 5) is 1.34. The molecule has 1 aromatic rings. The lowest BCUT2D eigenvalue weighted by Crippen LogP contribution is -2.57. The molecule has 0 amide bonds. The van der Waals surface area contributed by atoms with Crippen molar-refractivity contribution in [3.05, 3.63) is 20.8 Å². The van der Waals surface area contributed by atoms with E-state index in [1.165, 1.54) is 22.2 Å². The molecule has 1 aliphatic rings. The van der Waals surface area contributed by atoms with E-state index in [-0.39, 0.29) is 11.6 Å². The maximum atomic E-state index is 6.21. The lowest BCUT2D eigenvalue weighted by atomic mass is 9.74. The fourth-order valence-corrected chi connectivity index (χ4v) is 4.75. The summed E-state index contributed by atoms with van der Waals surface area (Å²) in [6.45, 7) is 5.16. The van der Waals surface area contributed by atoms with E-state index >= 15 is 0 Å². The Morgan fingerprint density at radius 3 is 2.75 bits per heavy atom. The van der Waals surface area contributed by atoms with E-state index in [2.05, 4.69) is 46.6 Å². The van der Waals surface area contributed by atoms with E-state index in [9.17, 15) is 0 Å². The zero-order valence-corrected chi connectivity index (χ0v) is 14.7. The molecule has 3 nitrogen and oxygen atoms in total. The molecule has 20 heavy (non-hydrogen) atoms. The van der Waals surface area contributed by atoms with Crippen LogP contribution >= 0.6 is 27.3 Å². The van der Waals surface area contributed by atoms with Crippen LogP contribution in [0.25, 0.3) is 0 Å². The van der Waals surface area contributed by atoms with Gasteiger partial charge in [-0.3, -0.25) is 11.3 Å². The van der Waals surface area contributed by atoms with Crippen molar-refractivity contribution in [1.82, 2.24) is 5.43 Å². The summed E-state index contributed by atoms with van der Waals surface area (Å²) in [5.74, 6) is 6.68. The monoisotopic (exact) mass is 360 g/mol. The quantitative estimate of drug-likeness (QED) is 0.597. The van der Waals surface area contributed by atoms with Crippen molar-refractivity contribution >= 4 is 27.3 Å². The van der Waals surface area contributed by atoms with Crippen LogP contribution in [0, 0.1) is 5.92 Å². The summed E-state index contributed by atoms with van der Waals surface area (Å²) in [7, 11) is 0.